The number of aromatic hydroxyl groups is 1. The molecule has 5 N–H and O–H groups in total. The first-order chi connectivity index (χ1) is 26.9. The van der Waals surface area contributed by atoms with Gasteiger partial charge in [-0.1, -0.05) is 24.3 Å². The average molecular weight is 838 g/mol. The molecule has 0 radical (unpaired) electrons. The Labute approximate surface area is 325 Å². The van der Waals surface area contributed by atoms with Crippen LogP contribution in [0.2, 0.25) is 0 Å². The van der Waals surface area contributed by atoms with Gasteiger partial charge in [-0.05, 0) is 65.4 Å². The van der Waals surface area contributed by atoms with E-state index >= 15 is 0 Å². The van der Waals surface area contributed by atoms with Gasteiger partial charge in [0, 0.05) is 40.3 Å². The second-order valence-electron chi connectivity index (χ2n) is 12.0. The van der Waals surface area contributed by atoms with Gasteiger partial charge in [0.2, 0.25) is 0 Å². The van der Waals surface area contributed by atoms with E-state index in [-0.39, 0.29) is 55.9 Å². The number of hydrogen-bond donors (Lipinski definition) is 5. The molecule has 0 aromatic heterocycles. The molecule has 6 rings (SSSR count). The molecule has 0 aliphatic carbocycles. The molecule has 0 amide bonds. The van der Waals surface area contributed by atoms with Crippen molar-refractivity contribution in [1.29, 1.82) is 0 Å². The molecular weight excluding hydrogens is 807 g/mol. The molecular formula is C36H31N5O13S3. The van der Waals surface area contributed by atoms with Crippen LogP contribution in [0.5, 0.6) is 23.0 Å². The third kappa shape index (κ3) is 9.60. The van der Waals surface area contributed by atoms with Gasteiger partial charge in [-0.3, -0.25) is 13.7 Å². The van der Waals surface area contributed by atoms with Gasteiger partial charge in [-0.15, -0.1) is 15.3 Å². The summed E-state index contributed by atoms with van der Waals surface area (Å²) in [7, 11) is -11.4. The third-order valence-electron chi connectivity index (χ3n) is 8.17. The summed E-state index contributed by atoms with van der Waals surface area (Å²) in [6, 6.07) is 24.4. The summed E-state index contributed by atoms with van der Waals surface area (Å²) in [5, 5.41) is 32.0. The van der Waals surface area contributed by atoms with E-state index in [1.807, 2.05) is 30.3 Å². The van der Waals surface area contributed by atoms with Crippen molar-refractivity contribution >= 4 is 86.0 Å². The number of ether oxygens (including phenoxy) is 3. The van der Waals surface area contributed by atoms with Crippen molar-refractivity contribution in [3.63, 3.8) is 0 Å². The number of benzene rings is 6. The number of hydrogen-bond acceptors (Lipinski definition) is 15. The van der Waals surface area contributed by atoms with E-state index in [2.05, 4.69) is 25.8 Å². The number of para-hydroxylation sites is 1. The first-order valence-electron chi connectivity index (χ1n) is 16.3. The number of methoxy groups -OCH3 is 2. The van der Waals surface area contributed by atoms with Crippen LogP contribution in [0.1, 0.15) is 0 Å². The van der Waals surface area contributed by atoms with Crippen molar-refractivity contribution in [2.45, 2.75) is 9.79 Å². The van der Waals surface area contributed by atoms with E-state index in [9.17, 15) is 39.5 Å². The maximum atomic E-state index is 12.5. The number of rotatable bonds is 14. The van der Waals surface area contributed by atoms with Gasteiger partial charge in [0.15, 0.2) is 5.75 Å². The Kier molecular flexibility index (Phi) is 11.4. The Balaban J connectivity index is 1.34. The Bertz CT molecular complexity index is 2930. The van der Waals surface area contributed by atoms with Crippen LogP contribution >= 0.6 is 0 Å². The standard InChI is InChI=1S/C36H31N5O13S3/c1-52-32-20-30(40-41-35-34(57(49,50)51)16-22-14-24(10-11-27(22)36(35)42)37-23-6-4-3-5-7-23)33(53-2)19-29(32)39-38-25-9-8-21-15-26(56(46,47)48)18-31(28(21)17-25)54-12-13-55(43,44)45/h3-11,14-20,37,42H,12-13H2,1-2H3,(H,43,44,45)(H,46,47,48)(H,49,50,51)/b39-38?,41-40+. The highest BCUT2D eigenvalue weighted by atomic mass is 32.2. The molecule has 0 atom stereocenters. The average Bonchev–Trinajstić information content (AvgIpc) is 3.15. The van der Waals surface area contributed by atoms with Crippen LogP contribution in [0.25, 0.3) is 21.5 Å². The highest BCUT2D eigenvalue weighted by molar-refractivity contribution is 7.86. The monoisotopic (exact) mass is 837 g/mol. The summed E-state index contributed by atoms with van der Waals surface area (Å²) < 4.78 is 116. The summed E-state index contributed by atoms with van der Waals surface area (Å²) in [4.78, 5) is -1.22. The highest BCUT2D eigenvalue weighted by Crippen LogP contribution is 2.45. The topological polar surface area (TPSA) is 272 Å². The van der Waals surface area contributed by atoms with E-state index in [4.69, 9.17) is 18.8 Å². The zero-order valence-electron chi connectivity index (χ0n) is 29.6. The van der Waals surface area contributed by atoms with Gasteiger partial charge in [0.05, 0.1) is 24.8 Å². The summed E-state index contributed by atoms with van der Waals surface area (Å²) in [6.45, 7) is -0.541. The van der Waals surface area contributed by atoms with E-state index in [1.54, 1.807) is 18.2 Å². The molecule has 0 saturated carbocycles. The van der Waals surface area contributed by atoms with Crippen LogP contribution in [0, 0.1) is 0 Å². The van der Waals surface area contributed by atoms with E-state index < -0.39 is 63.9 Å². The minimum atomic E-state index is -4.93. The molecule has 0 saturated heterocycles. The number of anilines is 2. The van der Waals surface area contributed by atoms with Crippen molar-refractivity contribution < 1.29 is 58.2 Å². The van der Waals surface area contributed by atoms with Gasteiger partial charge in [-0.25, -0.2) is 0 Å². The van der Waals surface area contributed by atoms with Crippen molar-refractivity contribution in [3.05, 3.63) is 97.1 Å². The number of nitrogens with zero attached hydrogens (tertiary/aromatic N) is 4. The van der Waals surface area contributed by atoms with Crippen molar-refractivity contribution in [1.82, 2.24) is 0 Å². The van der Waals surface area contributed by atoms with Crippen molar-refractivity contribution in [2.24, 2.45) is 20.5 Å². The Hall–Kier alpha value is -6.23. The van der Waals surface area contributed by atoms with Gasteiger partial charge in [0.1, 0.15) is 51.6 Å². The second-order valence-corrected chi connectivity index (χ2v) is 16.4. The number of fused-ring (bicyclic) bond motifs is 2. The Morgan fingerprint density at radius 1 is 0.614 bits per heavy atom. The Morgan fingerprint density at radius 2 is 1.28 bits per heavy atom. The number of phenols is 1. The van der Waals surface area contributed by atoms with Crippen LogP contribution in [0.15, 0.2) is 127 Å². The maximum absolute atomic E-state index is 12.5. The molecule has 57 heavy (non-hydrogen) atoms. The molecule has 296 valence electrons. The Morgan fingerprint density at radius 3 is 1.89 bits per heavy atom. The lowest BCUT2D eigenvalue weighted by molar-refractivity contribution is 0.338. The molecule has 0 bridgehead atoms. The molecule has 0 aliphatic rings. The quantitative estimate of drug-likeness (QED) is 0.0513. The fourth-order valence-electron chi connectivity index (χ4n) is 5.52. The smallest absolute Gasteiger partial charge is 0.296 e. The summed E-state index contributed by atoms with van der Waals surface area (Å²) in [6.07, 6.45) is 0. The predicted molar refractivity (Wildman–Crippen MR) is 209 cm³/mol. The van der Waals surface area contributed by atoms with Gasteiger partial charge in [0.25, 0.3) is 30.4 Å². The molecule has 0 spiro atoms. The molecule has 21 heteroatoms. The lowest BCUT2D eigenvalue weighted by Crippen LogP contribution is -2.13. The van der Waals surface area contributed by atoms with Crippen LogP contribution < -0.4 is 19.5 Å². The summed E-state index contributed by atoms with van der Waals surface area (Å²) >= 11 is 0. The molecule has 0 unspecified atom stereocenters. The fraction of sp³-hybridized carbons (Fsp3) is 0.111. The zero-order chi connectivity index (χ0) is 41.1. The molecule has 0 fully saturated rings. The number of phenolic OH excluding ortho intramolecular Hbond substituents is 1. The minimum Gasteiger partial charge on any atom is -0.505 e. The third-order valence-corrected chi connectivity index (χ3v) is 10.6. The normalized spacial score (nSPS) is 12.4. The highest BCUT2D eigenvalue weighted by Gasteiger charge is 2.23. The van der Waals surface area contributed by atoms with Crippen molar-refractivity contribution in [2.75, 3.05) is 31.9 Å². The lowest BCUT2D eigenvalue weighted by Gasteiger charge is -2.12. The second kappa shape index (κ2) is 16.1. The first kappa shape index (κ1) is 40.4. The molecule has 0 heterocycles. The molecule has 0 aliphatic heterocycles. The van der Waals surface area contributed by atoms with E-state index in [0.29, 0.717) is 5.69 Å². The van der Waals surface area contributed by atoms with Crippen LogP contribution in [-0.4, -0.2) is 70.6 Å². The largest absolute Gasteiger partial charge is 0.505 e. The summed E-state index contributed by atoms with van der Waals surface area (Å²) in [5.74, 6) is -1.33. The first-order valence-corrected chi connectivity index (χ1v) is 20.7. The van der Waals surface area contributed by atoms with Gasteiger partial charge >= 0.3 is 0 Å². The van der Waals surface area contributed by atoms with E-state index in [0.717, 1.165) is 17.8 Å². The van der Waals surface area contributed by atoms with Crippen LogP contribution in [0.3, 0.4) is 0 Å². The predicted octanol–water partition coefficient (Wildman–Crippen LogP) is 8.05. The van der Waals surface area contributed by atoms with Gasteiger partial charge < -0.3 is 24.6 Å². The number of azo groups is 2. The summed E-state index contributed by atoms with van der Waals surface area (Å²) in [5.41, 5.74) is 1.14. The SMILES string of the molecule is COc1cc(/N=N/c2c(S(=O)(=O)O)cc3cc(Nc4ccccc4)ccc3c2O)c(OC)cc1N=Nc1ccc2cc(S(=O)(=O)O)cc(OCCS(=O)(=O)O)c2c1. The maximum Gasteiger partial charge on any atom is 0.296 e. The zero-order valence-corrected chi connectivity index (χ0v) is 32.1. The number of nitrogens with one attached hydrogen (secondary N) is 1. The minimum absolute atomic E-state index is 0.00326. The van der Waals surface area contributed by atoms with Crippen LogP contribution in [-0.2, 0) is 30.4 Å². The molecule has 18 nitrogen and oxygen atoms in total. The van der Waals surface area contributed by atoms with E-state index in [1.165, 1.54) is 50.6 Å². The fourth-order valence-corrected chi connectivity index (χ4v) is 7.00. The van der Waals surface area contributed by atoms with Crippen molar-refractivity contribution in [3.8, 4) is 23.0 Å². The lowest BCUT2D eigenvalue weighted by atomic mass is 10.1. The van der Waals surface area contributed by atoms with Crippen LogP contribution in [0.4, 0.5) is 34.1 Å². The van der Waals surface area contributed by atoms with Gasteiger partial charge in [-0.2, -0.15) is 30.4 Å². The molecule has 6 aromatic carbocycles. The molecule has 6 aromatic rings.